The number of aromatic nitrogens is 1. The zero-order valence-corrected chi connectivity index (χ0v) is 13.6. The summed E-state index contributed by atoms with van der Waals surface area (Å²) in [4.78, 5) is 14.1. The molecule has 0 spiro atoms. The molecule has 0 aliphatic carbocycles. The van der Waals surface area contributed by atoms with Gasteiger partial charge in [-0.25, -0.2) is 0 Å². The first-order valence-electron chi connectivity index (χ1n) is 7.27. The molecule has 1 aromatic heterocycles. The third kappa shape index (κ3) is 2.58. The molecule has 7 heteroatoms. The van der Waals surface area contributed by atoms with Gasteiger partial charge in [0, 0.05) is 17.7 Å². The summed E-state index contributed by atoms with van der Waals surface area (Å²) in [5, 5.41) is 7.06. The van der Waals surface area contributed by atoms with Gasteiger partial charge in [0.2, 0.25) is 5.91 Å². The minimum Gasteiger partial charge on any atom is -0.493 e. The highest BCUT2D eigenvalue weighted by atomic mass is 16.5. The molecule has 0 atom stereocenters. The molecule has 1 aromatic carbocycles. The van der Waals surface area contributed by atoms with Gasteiger partial charge in [-0.3, -0.25) is 4.79 Å². The first kappa shape index (κ1) is 15.2. The summed E-state index contributed by atoms with van der Waals surface area (Å²) in [5.74, 6) is 1.89. The number of nitrogens with zero attached hydrogens (tertiary/aromatic N) is 2. The monoisotopic (exact) mass is 317 g/mol. The van der Waals surface area contributed by atoms with Crippen LogP contribution in [0.15, 0.2) is 16.7 Å². The van der Waals surface area contributed by atoms with Crippen LogP contribution >= 0.6 is 0 Å². The van der Waals surface area contributed by atoms with Crippen LogP contribution in [0.25, 0.3) is 0 Å². The maximum absolute atomic E-state index is 12.4. The fraction of sp³-hybridized carbons (Fsp3) is 0.375. The molecule has 1 aliphatic heterocycles. The van der Waals surface area contributed by atoms with Gasteiger partial charge in [-0.1, -0.05) is 5.16 Å². The van der Waals surface area contributed by atoms with Crippen molar-refractivity contribution in [1.29, 1.82) is 0 Å². The number of amides is 1. The Hall–Kier alpha value is -2.70. The first-order valence-corrected chi connectivity index (χ1v) is 7.27. The number of carbonyl (C=O) groups excluding carboxylic acids is 1. The van der Waals surface area contributed by atoms with Gasteiger partial charge in [0.15, 0.2) is 11.5 Å². The summed E-state index contributed by atoms with van der Waals surface area (Å²) in [6, 6.07) is 3.64. The molecular weight excluding hydrogens is 298 g/mol. The number of methoxy groups -OCH3 is 2. The molecule has 1 amide bonds. The second-order valence-corrected chi connectivity index (χ2v) is 5.36. The molecule has 0 bridgehead atoms. The Morgan fingerprint density at radius 1 is 1.26 bits per heavy atom. The van der Waals surface area contributed by atoms with Crippen LogP contribution in [0.4, 0.5) is 11.4 Å². The predicted octanol–water partition coefficient (Wildman–Crippen LogP) is 2.27. The molecular formula is C16H19N3O4. The predicted molar refractivity (Wildman–Crippen MR) is 85.2 cm³/mol. The standard InChI is InChI=1S/C16H19N3O4/c1-9-11(10(2)23-18-9)8-19-13-6-15(22-4)14(21-3)5-12(13)17-7-16(19)20/h5-6,17H,7-8H2,1-4H3. The summed E-state index contributed by atoms with van der Waals surface area (Å²) in [7, 11) is 3.15. The number of hydrogen-bond donors (Lipinski definition) is 1. The topological polar surface area (TPSA) is 76.8 Å². The van der Waals surface area contributed by atoms with Gasteiger partial charge in [-0.05, 0) is 13.8 Å². The van der Waals surface area contributed by atoms with E-state index in [1.165, 1.54) is 0 Å². The number of nitrogens with one attached hydrogen (secondary N) is 1. The average molecular weight is 317 g/mol. The van der Waals surface area contributed by atoms with Crippen molar-refractivity contribution in [2.75, 3.05) is 31.0 Å². The van der Waals surface area contributed by atoms with Gasteiger partial charge < -0.3 is 24.2 Å². The number of rotatable bonds is 4. The molecule has 0 fully saturated rings. The van der Waals surface area contributed by atoms with E-state index < -0.39 is 0 Å². The second-order valence-electron chi connectivity index (χ2n) is 5.36. The smallest absolute Gasteiger partial charge is 0.246 e. The van der Waals surface area contributed by atoms with Crippen LogP contribution in [0.2, 0.25) is 0 Å². The minimum atomic E-state index is -0.0234. The van der Waals surface area contributed by atoms with Crippen molar-refractivity contribution in [2.45, 2.75) is 20.4 Å². The third-order valence-corrected chi connectivity index (χ3v) is 4.02. The number of anilines is 2. The number of hydrogen-bond acceptors (Lipinski definition) is 6. The normalized spacial score (nSPS) is 13.6. The van der Waals surface area contributed by atoms with Gasteiger partial charge in [-0.2, -0.15) is 0 Å². The summed E-state index contributed by atoms with van der Waals surface area (Å²) in [6.45, 7) is 4.35. The Labute approximate surface area is 134 Å². The largest absolute Gasteiger partial charge is 0.493 e. The molecule has 1 aliphatic rings. The average Bonchev–Trinajstić information content (AvgIpc) is 2.87. The maximum atomic E-state index is 12.4. The summed E-state index contributed by atoms with van der Waals surface area (Å²) in [6.07, 6.45) is 0. The lowest BCUT2D eigenvalue weighted by Gasteiger charge is -2.31. The molecule has 0 unspecified atom stereocenters. The molecule has 7 nitrogen and oxygen atoms in total. The van der Waals surface area contributed by atoms with Crippen molar-refractivity contribution in [3.63, 3.8) is 0 Å². The van der Waals surface area contributed by atoms with Gasteiger partial charge in [-0.15, -0.1) is 0 Å². The van der Waals surface area contributed by atoms with E-state index in [9.17, 15) is 4.79 Å². The van der Waals surface area contributed by atoms with Crippen molar-refractivity contribution in [3.8, 4) is 11.5 Å². The highest BCUT2D eigenvalue weighted by Crippen LogP contribution is 2.40. The number of benzene rings is 1. The Balaban J connectivity index is 2.04. The van der Waals surface area contributed by atoms with Crippen LogP contribution < -0.4 is 19.7 Å². The van der Waals surface area contributed by atoms with E-state index in [1.807, 2.05) is 19.9 Å². The zero-order valence-electron chi connectivity index (χ0n) is 13.6. The van der Waals surface area contributed by atoms with Crippen LogP contribution in [0, 0.1) is 13.8 Å². The molecule has 2 aromatic rings. The Kier molecular flexibility index (Phi) is 3.85. The van der Waals surface area contributed by atoms with Crippen LogP contribution in [0.5, 0.6) is 11.5 Å². The van der Waals surface area contributed by atoms with Crippen molar-refractivity contribution in [3.05, 3.63) is 29.2 Å². The van der Waals surface area contributed by atoms with Gasteiger partial charge in [0.25, 0.3) is 0 Å². The van der Waals surface area contributed by atoms with Gasteiger partial charge in [0.1, 0.15) is 5.76 Å². The number of fused-ring (bicyclic) bond motifs is 1. The second kappa shape index (κ2) is 5.83. The van der Waals surface area contributed by atoms with E-state index >= 15 is 0 Å². The number of ether oxygens (including phenoxy) is 2. The molecule has 0 saturated carbocycles. The van der Waals surface area contributed by atoms with Crippen molar-refractivity contribution >= 4 is 17.3 Å². The van der Waals surface area contributed by atoms with Crippen LogP contribution in [0.3, 0.4) is 0 Å². The van der Waals surface area contributed by atoms with E-state index in [0.29, 0.717) is 18.0 Å². The van der Waals surface area contributed by atoms with Crippen LogP contribution in [-0.2, 0) is 11.3 Å². The van der Waals surface area contributed by atoms with E-state index in [-0.39, 0.29) is 12.5 Å². The fourth-order valence-corrected chi connectivity index (χ4v) is 2.69. The maximum Gasteiger partial charge on any atom is 0.246 e. The Bertz CT molecular complexity index is 735. The van der Waals surface area contributed by atoms with E-state index in [0.717, 1.165) is 28.4 Å². The quantitative estimate of drug-likeness (QED) is 0.932. The molecule has 0 saturated heterocycles. The number of carbonyl (C=O) groups is 1. The minimum absolute atomic E-state index is 0.0234. The molecule has 23 heavy (non-hydrogen) atoms. The molecule has 122 valence electrons. The first-order chi connectivity index (χ1) is 11.0. The lowest BCUT2D eigenvalue weighted by Crippen LogP contribution is -2.39. The molecule has 0 radical (unpaired) electrons. The lowest BCUT2D eigenvalue weighted by molar-refractivity contribution is -0.117. The fourth-order valence-electron chi connectivity index (χ4n) is 2.69. The third-order valence-electron chi connectivity index (χ3n) is 4.02. The Morgan fingerprint density at radius 3 is 2.57 bits per heavy atom. The van der Waals surface area contributed by atoms with Crippen LogP contribution in [0.1, 0.15) is 17.0 Å². The van der Waals surface area contributed by atoms with Gasteiger partial charge >= 0.3 is 0 Å². The van der Waals surface area contributed by atoms with E-state index in [2.05, 4.69) is 10.5 Å². The van der Waals surface area contributed by atoms with Crippen molar-refractivity contribution < 1.29 is 18.8 Å². The Morgan fingerprint density at radius 2 is 1.96 bits per heavy atom. The number of aryl methyl sites for hydroxylation is 2. The van der Waals surface area contributed by atoms with Crippen LogP contribution in [-0.4, -0.2) is 31.8 Å². The van der Waals surface area contributed by atoms with Crippen molar-refractivity contribution in [1.82, 2.24) is 5.16 Å². The summed E-state index contributed by atoms with van der Waals surface area (Å²) in [5.41, 5.74) is 3.28. The summed E-state index contributed by atoms with van der Waals surface area (Å²) >= 11 is 0. The zero-order chi connectivity index (χ0) is 16.6. The summed E-state index contributed by atoms with van der Waals surface area (Å²) < 4.78 is 15.9. The van der Waals surface area contributed by atoms with Crippen molar-refractivity contribution in [2.24, 2.45) is 0 Å². The molecule has 2 heterocycles. The highest BCUT2D eigenvalue weighted by Gasteiger charge is 2.28. The van der Waals surface area contributed by atoms with E-state index in [4.69, 9.17) is 14.0 Å². The van der Waals surface area contributed by atoms with E-state index in [1.54, 1.807) is 25.2 Å². The molecule has 1 N–H and O–H groups in total. The lowest BCUT2D eigenvalue weighted by atomic mass is 10.1. The SMILES string of the molecule is COc1cc2c(cc1OC)N(Cc1c(C)noc1C)C(=O)CN2. The van der Waals surface area contributed by atoms with Gasteiger partial charge in [0.05, 0.1) is 44.4 Å². The molecule has 3 rings (SSSR count). The highest BCUT2D eigenvalue weighted by molar-refractivity contribution is 6.03.